The van der Waals surface area contributed by atoms with Crippen molar-refractivity contribution in [3.05, 3.63) is 24.3 Å². The number of methoxy groups -OCH3 is 1. The van der Waals surface area contributed by atoms with E-state index in [1.807, 2.05) is 24.3 Å². The Morgan fingerprint density at radius 1 is 1.33 bits per heavy atom. The molecular formula is C16H26N4O. The Bertz CT molecular complexity index is 450. The van der Waals surface area contributed by atoms with Crippen LogP contribution >= 0.6 is 0 Å². The minimum atomic E-state index is 0.463. The standard InChI is InChI=1S/C16H26N4O/c1-13-7-10-20(11-8-13)12-9-18-16(17)19-14-3-5-15(21-2)6-4-14/h3-6,13H,7-12H2,1-2H3,(H3,17,18,19). The third-order valence-corrected chi connectivity index (χ3v) is 3.94. The maximum atomic E-state index is 5.90. The second-order valence-corrected chi connectivity index (χ2v) is 5.64. The minimum Gasteiger partial charge on any atom is -0.497 e. The fraction of sp³-hybridized carbons (Fsp3) is 0.562. The molecule has 1 aromatic rings. The number of hydrogen-bond acceptors (Lipinski definition) is 3. The summed E-state index contributed by atoms with van der Waals surface area (Å²) in [7, 11) is 1.65. The van der Waals surface area contributed by atoms with Crippen molar-refractivity contribution in [3.63, 3.8) is 0 Å². The summed E-state index contributed by atoms with van der Waals surface area (Å²) in [5.74, 6) is 2.16. The average molecular weight is 290 g/mol. The molecule has 1 aliphatic heterocycles. The van der Waals surface area contributed by atoms with Gasteiger partial charge >= 0.3 is 0 Å². The van der Waals surface area contributed by atoms with Crippen LogP contribution in [-0.2, 0) is 0 Å². The number of aliphatic imine (C=N–C) groups is 1. The van der Waals surface area contributed by atoms with Crippen molar-refractivity contribution in [2.75, 3.05) is 38.6 Å². The molecule has 0 aromatic heterocycles. The predicted molar refractivity (Wildman–Crippen MR) is 87.9 cm³/mol. The first-order chi connectivity index (χ1) is 10.2. The smallest absolute Gasteiger partial charge is 0.193 e. The van der Waals surface area contributed by atoms with Gasteiger partial charge < -0.3 is 20.7 Å². The zero-order valence-corrected chi connectivity index (χ0v) is 13.0. The summed E-state index contributed by atoms with van der Waals surface area (Å²) in [6, 6.07) is 7.63. The molecule has 0 atom stereocenters. The zero-order valence-electron chi connectivity index (χ0n) is 13.0. The number of piperidine rings is 1. The molecule has 1 aromatic carbocycles. The molecule has 21 heavy (non-hydrogen) atoms. The van der Waals surface area contributed by atoms with E-state index in [4.69, 9.17) is 10.5 Å². The van der Waals surface area contributed by atoms with Gasteiger partial charge in [-0.15, -0.1) is 0 Å². The predicted octanol–water partition coefficient (Wildman–Crippen LogP) is 2.15. The summed E-state index contributed by atoms with van der Waals surface area (Å²) in [4.78, 5) is 6.85. The molecule has 5 nitrogen and oxygen atoms in total. The lowest BCUT2D eigenvalue weighted by Gasteiger charge is -2.29. The number of nitrogens with two attached hydrogens (primary N) is 1. The van der Waals surface area contributed by atoms with Crippen molar-refractivity contribution in [1.29, 1.82) is 0 Å². The first-order valence-corrected chi connectivity index (χ1v) is 7.60. The molecule has 1 aliphatic rings. The largest absolute Gasteiger partial charge is 0.497 e. The molecule has 116 valence electrons. The van der Waals surface area contributed by atoms with Gasteiger partial charge in [0.15, 0.2) is 5.96 Å². The van der Waals surface area contributed by atoms with Crippen LogP contribution in [0.3, 0.4) is 0 Å². The molecule has 1 saturated heterocycles. The number of nitrogens with one attached hydrogen (secondary N) is 1. The number of nitrogens with zero attached hydrogens (tertiary/aromatic N) is 2. The normalized spacial score (nSPS) is 17.7. The Hall–Kier alpha value is -1.75. The van der Waals surface area contributed by atoms with Gasteiger partial charge in [0.1, 0.15) is 5.75 Å². The summed E-state index contributed by atoms with van der Waals surface area (Å²) < 4.78 is 5.12. The van der Waals surface area contributed by atoms with Crippen molar-refractivity contribution >= 4 is 11.6 Å². The topological polar surface area (TPSA) is 62.9 Å². The third kappa shape index (κ3) is 5.27. The van der Waals surface area contributed by atoms with E-state index in [0.717, 1.165) is 30.4 Å². The SMILES string of the molecule is COc1ccc(NC(N)=NCCN2CCC(C)CC2)cc1. The van der Waals surface area contributed by atoms with Crippen molar-refractivity contribution in [3.8, 4) is 5.75 Å². The van der Waals surface area contributed by atoms with E-state index in [0.29, 0.717) is 5.96 Å². The molecule has 0 radical (unpaired) electrons. The molecule has 0 saturated carbocycles. The summed E-state index contributed by atoms with van der Waals surface area (Å²) in [5, 5.41) is 3.09. The molecule has 1 fully saturated rings. The lowest BCUT2D eigenvalue weighted by Crippen LogP contribution is -2.35. The Morgan fingerprint density at radius 2 is 2.00 bits per heavy atom. The second-order valence-electron chi connectivity index (χ2n) is 5.64. The van der Waals surface area contributed by atoms with Crippen LogP contribution in [0.25, 0.3) is 0 Å². The average Bonchev–Trinajstić information content (AvgIpc) is 2.50. The van der Waals surface area contributed by atoms with Gasteiger partial charge in [0, 0.05) is 12.2 Å². The number of hydrogen-bond donors (Lipinski definition) is 2. The fourth-order valence-electron chi connectivity index (χ4n) is 2.46. The fourth-order valence-corrected chi connectivity index (χ4v) is 2.46. The highest BCUT2D eigenvalue weighted by Gasteiger charge is 2.14. The maximum absolute atomic E-state index is 5.90. The number of ether oxygens (including phenoxy) is 1. The van der Waals surface area contributed by atoms with Crippen LogP contribution in [0.1, 0.15) is 19.8 Å². The van der Waals surface area contributed by atoms with E-state index in [1.165, 1.54) is 25.9 Å². The highest BCUT2D eigenvalue weighted by atomic mass is 16.5. The van der Waals surface area contributed by atoms with Gasteiger partial charge in [0.05, 0.1) is 13.7 Å². The molecule has 2 rings (SSSR count). The molecule has 0 spiro atoms. The van der Waals surface area contributed by atoms with E-state index in [1.54, 1.807) is 7.11 Å². The van der Waals surface area contributed by atoms with E-state index in [-0.39, 0.29) is 0 Å². The monoisotopic (exact) mass is 290 g/mol. The van der Waals surface area contributed by atoms with Crippen LogP contribution in [0.4, 0.5) is 5.69 Å². The minimum absolute atomic E-state index is 0.463. The molecule has 3 N–H and O–H groups in total. The summed E-state index contributed by atoms with van der Waals surface area (Å²) in [6.07, 6.45) is 2.59. The van der Waals surface area contributed by atoms with Gasteiger partial charge in [-0.1, -0.05) is 6.92 Å². The maximum Gasteiger partial charge on any atom is 0.193 e. The Labute approximate surface area is 127 Å². The van der Waals surface area contributed by atoms with Gasteiger partial charge in [0.2, 0.25) is 0 Å². The molecule has 0 amide bonds. The van der Waals surface area contributed by atoms with Gasteiger partial charge in [-0.25, -0.2) is 0 Å². The van der Waals surface area contributed by atoms with E-state index < -0.39 is 0 Å². The van der Waals surface area contributed by atoms with E-state index in [9.17, 15) is 0 Å². The van der Waals surface area contributed by atoms with Crippen molar-refractivity contribution in [1.82, 2.24) is 4.90 Å². The van der Waals surface area contributed by atoms with Gasteiger partial charge in [-0.05, 0) is 56.1 Å². The highest BCUT2D eigenvalue weighted by molar-refractivity contribution is 5.92. The van der Waals surface area contributed by atoms with Crippen molar-refractivity contribution in [2.24, 2.45) is 16.6 Å². The van der Waals surface area contributed by atoms with Crippen molar-refractivity contribution in [2.45, 2.75) is 19.8 Å². The Balaban J connectivity index is 1.73. The van der Waals surface area contributed by atoms with E-state index >= 15 is 0 Å². The van der Waals surface area contributed by atoms with Crippen LogP contribution < -0.4 is 15.8 Å². The number of guanidine groups is 1. The van der Waals surface area contributed by atoms with E-state index in [2.05, 4.69) is 22.1 Å². The summed E-state index contributed by atoms with van der Waals surface area (Å²) in [5.41, 5.74) is 6.82. The molecule has 0 aliphatic carbocycles. The summed E-state index contributed by atoms with van der Waals surface area (Å²) >= 11 is 0. The molecule has 0 unspecified atom stereocenters. The zero-order chi connectivity index (χ0) is 15.1. The first kappa shape index (κ1) is 15.6. The lowest BCUT2D eigenvalue weighted by atomic mass is 9.99. The Morgan fingerprint density at radius 3 is 2.62 bits per heavy atom. The first-order valence-electron chi connectivity index (χ1n) is 7.60. The van der Waals surface area contributed by atoms with Crippen LogP contribution in [0, 0.1) is 5.92 Å². The van der Waals surface area contributed by atoms with Gasteiger partial charge in [-0.3, -0.25) is 4.99 Å². The highest BCUT2D eigenvalue weighted by Crippen LogP contribution is 2.16. The van der Waals surface area contributed by atoms with Crippen LogP contribution in [-0.4, -0.2) is 44.1 Å². The third-order valence-electron chi connectivity index (χ3n) is 3.94. The number of likely N-dealkylation sites (tertiary alicyclic amines) is 1. The number of anilines is 1. The molecule has 1 heterocycles. The number of benzene rings is 1. The van der Waals surface area contributed by atoms with Crippen LogP contribution in [0.2, 0.25) is 0 Å². The molecule has 5 heteroatoms. The molecular weight excluding hydrogens is 264 g/mol. The Kier molecular flexibility index (Phi) is 5.87. The molecule has 0 bridgehead atoms. The van der Waals surface area contributed by atoms with Gasteiger partial charge in [0.25, 0.3) is 0 Å². The van der Waals surface area contributed by atoms with Crippen LogP contribution in [0.5, 0.6) is 5.75 Å². The lowest BCUT2D eigenvalue weighted by molar-refractivity contribution is 0.197. The summed E-state index contributed by atoms with van der Waals surface area (Å²) in [6.45, 7) is 6.42. The van der Waals surface area contributed by atoms with Crippen LogP contribution in [0.15, 0.2) is 29.3 Å². The quantitative estimate of drug-likeness (QED) is 0.644. The second kappa shape index (κ2) is 7.88. The number of rotatable bonds is 5. The van der Waals surface area contributed by atoms with Gasteiger partial charge in [-0.2, -0.15) is 0 Å². The van der Waals surface area contributed by atoms with Crippen molar-refractivity contribution < 1.29 is 4.74 Å².